The van der Waals surface area contributed by atoms with Crippen LogP contribution in [0, 0.1) is 17.0 Å². The van der Waals surface area contributed by atoms with E-state index < -0.39 is 35.1 Å². The smallest absolute Gasteiger partial charge is 0.416 e. The third-order valence-electron chi connectivity index (χ3n) is 3.77. The van der Waals surface area contributed by atoms with Crippen molar-refractivity contribution in [1.29, 1.82) is 0 Å². The standard InChI is InChI=1S/C18H15F3N2O5/c1-11-14(3-2-4-15(11)23(26)27)22-16(24)10-28-17(25)9-12-5-7-13(8-6-12)18(19,20)21/h2-8H,9-10H2,1H3,(H,22,24). The van der Waals surface area contributed by atoms with Gasteiger partial charge >= 0.3 is 12.1 Å². The summed E-state index contributed by atoms with van der Waals surface area (Å²) in [6.07, 6.45) is -4.77. The van der Waals surface area contributed by atoms with E-state index in [0.717, 1.165) is 24.3 Å². The maximum atomic E-state index is 12.5. The van der Waals surface area contributed by atoms with Crippen LogP contribution in [0.25, 0.3) is 0 Å². The van der Waals surface area contributed by atoms with Crippen LogP contribution in [0.15, 0.2) is 42.5 Å². The number of nitrogens with one attached hydrogen (secondary N) is 1. The second-order valence-electron chi connectivity index (χ2n) is 5.79. The van der Waals surface area contributed by atoms with Crippen molar-refractivity contribution in [3.63, 3.8) is 0 Å². The minimum absolute atomic E-state index is 0.169. The van der Waals surface area contributed by atoms with E-state index in [4.69, 9.17) is 4.74 Å². The summed E-state index contributed by atoms with van der Waals surface area (Å²) in [4.78, 5) is 33.9. The molecule has 7 nitrogen and oxygen atoms in total. The zero-order valence-electron chi connectivity index (χ0n) is 14.6. The molecule has 1 amide bonds. The van der Waals surface area contributed by atoms with Gasteiger partial charge < -0.3 is 10.1 Å². The van der Waals surface area contributed by atoms with E-state index in [1.807, 2.05) is 0 Å². The van der Waals surface area contributed by atoms with Crippen molar-refractivity contribution in [3.05, 3.63) is 69.3 Å². The number of benzene rings is 2. The molecule has 10 heteroatoms. The van der Waals surface area contributed by atoms with E-state index in [0.29, 0.717) is 5.56 Å². The van der Waals surface area contributed by atoms with E-state index >= 15 is 0 Å². The third-order valence-corrected chi connectivity index (χ3v) is 3.77. The van der Waals surface area contributed by atoms with Crippen LogP contribution in [0.4, 0.5) is 24.5 Å². The lowest BCUT2D eigenvalue weighted by Gasteiger charge is -2.10. The van der Waals surface area contributed by atoms with Crippen molar-refractivity contribution in [1.82, 2.24) is 0 Å². The SMILES string of the molecule is Cc1c(NC(=O)COC(=O)Cc2ccc(C(F)(F)F)cc2)cccc1[N+](=O)[O-]. The Balaban J connectivity index is 1.88. The van der Waals surface area contributed by atoms with E-state index in [9.17, 15) is 32.9 Å². The second-order valence-corrected chi connectivity index (χ2v) is 5.79. The molecule has 1 N–H and O–H groups in total. The molecule has 0 saturated carbocycles. The molecule has 148 valence electrons. The first-order valence-electron chi connectivity index (χ1n) is 7.93. The van der Waals surface area contributed by atoms with Gasteiger partial charge in [-0.05, 0) is 30.7 Å². The van der Waals surface area contributed by atoms with Gasteiger partial charge in [-0.1, -0.05) is 18.2 Å². The van der Waals surface area contributed by atoms with Crippen LogP contribution < -0.4 is 5.32 Å². The molecule has 0 radical (unpaired) electrons. The summed E-state index contributed by atoms with van der Waals surface area (Å²) < 4.78 is 42.3. The highest BCUT2D eigenvalue weighted by atomic mass is 19.4. The highest BCUT2D eigenvalue weighted by Gasteiger charge is 2.30. The molecule has 0 aliphatic heterocycles. The first-order chi connectivity index (χ1) is 13.1. The number of nitro benzene ring substituents is 1. The zero-order chi connectivity index (χ0) is 20.9. The van der Waals surface area contributed by atoms with Gasteiger partial charge in [0.05, 0.1) is 28.2 Å². The molecule has 0 unspecified atom stereocenters. The molecule has 0 spiro atoms. The lowest BCUT2D eigenvalue weighted by Crippen LogP contribution is -2.22. The molecule has 0 aliphatic carbocycles. The Kier molecular flexibility index (Phi) is 6.34. The van der Waals surface area contributed by atoms with Gasteiger partial charge in [-0.25, -0.2) is 0 Å². The first-order valence-corrected chi connectivity index (χ1v) is 7.93. The van der Waals surface area contributed by atoms with Gasteiger partial charge in [0.2, 0.25) is 0 Å². The van der Waals surface area contributed by atoms with Crippen molar-refractivity contribution >= 4 is 23.3 Å². The number of amides is 1. The molecule has 2 aromatic rings. The summed E-state index contributed by atoms with van der Waals surface area (Å²) in [5, 5.41) is 13.3. The third kappa shape index (κ3) is 5.53. The van der Waals surface area contributed by atoms with Crippen molar-refractivity contribution in [2.45, 2.75) is 19.5 Å². The van der Waals surface area contributed by atoms with E-state index in [1.165, 1.54) is 25.1 Å². The monoisotopic (exact) mass is 396 g/mol. The molecule has 28 heavy (non-hydrogen) atoms. The Morgan fingerprint density at radius 1 is 1.14 bits per heavy atom. The minimum atomic E-state index is -4.47. The van der Waals surface area contributed by atoms with Crippen LogP contribution >= 0.6 is 0 Å². The highest BCUT2D eigenvalue weighted by molar-refractivity contribution is 5.94. The normalized spacial score (nSPS) is 11.0. The molecule has 0 aromatic heterocycles. The number of halogens is 3. The number of carbonyl (C=O) groups is 2. The fraction of sp³-hybridized carbons (Fsp3) is 0.222. The van der Waals surface area contributed by atoms with E-state index in [-0.39, 0.29) is 23.4 Å². The molecule has 0 saturated heterocycles. The molecule has 0 fully saturated rings. The molecule has 0 bridgehead atoms. The number of carbonyl (C=O) groups excluding carboxylic acids is 2. The highest BCUT2D eigenvalue weighted by Crippen LogP contribution is 2.29. The van der Waals surface area contributed by atoms with Crippen LogP contribution in [-0.2, 0) is 26.9 Å². The second kappa shape index (κ2) is 8.51. The fourth-order valence-electron chi connectivity index (χ4n) is 2.32. The van der Waals surface area contributed by atoms with Gasteiger partial charge in [-0.2, -0.15) is 13.2 Å². The predicted molar refractivity (Wildman–Crippen MR) is 92.6 cm³/mol. The lowest BCUT2D eigenvalue weighted by atomic mass is 10.1. The van der Waals surface area contributed by atoms with Crippen molar-refractivity contribution in [3.8, 4) is 0 Å². The average Bonchev–Trinajstić information content (AvgIpc) is 2.61. The van der Waals surface area contributed by atoms with Crippen LogP contribution in [0.5, 0.6) is 0 Å². The number of nitrogens with zero attached hydrogens (tertiary/aromatic N) is 1. The molecule has 0 atom stereocenters. The number of esters is 1. The van der Waals surface area contributed by atoms with E-state index in [1.54, 1.807) is 0 Å². The largest absolute Gasteiger partial charge is 0.455 e. The van der Waals surface area contributed by atoms with Gasteiger partial charge in [-0.15, -0.1) is 0 Å². The molecule has 2 rings (SSSR count). The number of alkyl halides is 3. The number of ether oxygens (including phenoxy) is 1. The fourth-order valence-corrected chi connectivity index (χ4v) is 2.32. The van der Waals surface area contributed by atoms with Crippen molar-refractivity contribution in [2.24, 2.45) is 0 Å². The summed E-state index contributed by atoms with van der Waals surface area (Å²) >= 11 is 0. The topological polar surface area (TPSA) is 98.5 Å². The summed E-state index contributed by atoms with van der Waals surface area (Å²) in [6, 6.07) is 8.14. The minimum Gasteiger partial charge on any atom is -0.455 e. The average molecular weight is 396 g/mol. The molecule has 2 aromatic carbocycles. The molecule has 0 heterocycles. The van der Waals surface area contributed by atoms with Crippen molar-refractivity contribution in [2.75, 3.05) is 11.9 Å². The number of anilines is 1. The summed E-state index contributed by atoms with van der Waals surface area (Å²) in [5.41, 5.74) is -0.253. The quantitative estimate of drug-likeness (QED) is 0.457. The number of rotatable bonds is 6. The maximum absolute atomic E-state index is 12.5. The molecule has 0 aliphatic rings. The first kappa shape index (κ1) is 20.9. The Labute approximate surface area is 157 Å². The molecular formula is C18H15F3N2O5. The van der Waals surface area contributed by atoms with Gasteiger partial charge in [0, 0.05) is 6.07 Å². The maximum Gasteiger partial charge on any atom is 0.416 e. The van der Waals surface area contributed by atoms with Crippen molar-refractivity contribution < 1.29 is 32.4 Å². The lowest BCUT2D eigenvalue weighted by molar-refractivity contribution is -0.385. The summed E-state index contributed by atoms with van der Waals surface area (Å²) in [6.45, 7) is 0.825. The van der Waals surface area contributed by atoms with Gasteiger partial charge in [0.1, 0.15) is 0 Å². The van der Waals surface area contributed by atoms with Crippen LogP contribution in [0.1, 0.15) is 16.7 Å². The number of hydrogen-bond donors (Lipinski definition) is 1. The Bertz CT molecular complexity index is 895. The van der Waals surface area contributed by atoms with Gasteiger partial charge in [0.15, 0.2) is 6.61 Å². The predicted octanol–water partition coefficient (Wildman–Crippen LogP) is 3.65. The van der Waals surface area contributed by atoms with Crippen LogP contribution in [0.3, 0.4) is 0 Å². The Morgan fingerprint density at radius 3 is 2.36 bits per heavy atom. The van der Waals surface area contributed by atoms with E-state index in [2.05, 4.69) is 5.32 Å². The number of hydrogen-bond acceptors (Lipinski definition) is 5. The summed E-state index contributed by atoms with van der Waals surface area (Å²) in [7, 11) is 0. The Hall–Kier alpha value is -3.43. The number of nitro groups is 1. The van der Waals surface area contributed by atoms with Gasteiger partial charge in [0.25, 0.3) is 11.6 Å². The zero-order valence-corrected chi connectivity index (χ0v) is 14.6. The van der Waals surface area contributed by atoms with Crippen LogP contribution in [0.2, 0.25) is 0 Å². The Morgan fingerprint density at radius 2 is 1.79 bits per heavy atom. The summed E-state index contributed by atoms with van der Waals surface area (Å²) in [5.74, 6) is -1.50. The van der Waals surface area contributed by atoms with Gasteiger partial charge in [-0.3, -0.25) is 19.7 Å². The molecular weight excluding hydrogens is 381 g/mol. The van der Waals surface area contributed by atoms with Crippen LogP contribution in [-0.4, -0.2) is 23.4 Å².